The van der Waals surface area contributed by atoms with Crippen molar-refractivity contribution < 1.29 is 19.4 Å². The molecule has 29 heavy (non-hydrogen) atoms. The van der Waals surface area contributed by atoms with Gasteiger partial charge in [0.2, 0.25) is 0 Å². The number of anilines is 1. The van der Waals surface area contributed by atoms with E-state index >= 15 is 0 Å². The third-order valence-electron chi connectivity index (χ3n) is 4.29. The first kappa shape index (κ1) is 18.2. The highest BCUT2D eigenvalue weighted by molar-refractivity contribution is 6.03. The lowest BCUT2D eigenvalue weighted by atomic mass is 10.1. The summed E-state index contributed by atoms with van der Waals surface area (Å²) >= 11 is 0. The second-order valence-corrected chi connectivity index (χ2v) is 6.33. The normalized spacial score (nSPS) is 13.3. The lowest BCUT2D eigenvalue weighted by Crippen LogP contribution is -2.25. The van der Waals surface area contributed by atoms with Gasteiger partial charge in [-0.15, -0.1) is 0 Å². The Labute approximate surface area is 165 Å². The first-order valence-corrected chi connectivity index (χ1v) is 8.77. The maximum atomic E-state index is 12.4. The minimum Gasteiger partial charge on any atom is -0.504 e. The van der Waals surface area contributed by atoms with Gasteiger partial charge < -0.3 is 15.2 Å². The van der Waals surface area contributed by atoms with Gasteiger partial charge in [-0.2, -0.15) is 10.2 Å². The lowest BCUT2D eigenvalue weighted by molar-refractivity contribution is -0.118. The average molecular weight is 391 g/mol. The minimum atomic E-state index is -0.647. The fourth-order valence-corrected chi connectivity index (χ4v) is 2.80. The summed E-state index contributed by atoms with van der Waals surface area (Å²) in [7, 11) is 0. The highest BCUT2D eigenvalue weighted by Gasteiger charge is 2.18. The van der Waals surface area contributed by atoms with Crippen LogP contribution in [0, 0.1) is 0 Å². The van der Waals surface area contributed by atoms with Gasteiger partial charge in [0.25, 0.3) is 11.8 Å². The SMILES string of the molecule is C/C(=N/NC(=O)c1nn(-c2ccccc2)cc1O)c1ccc2c(c1)NC(=O)CO2. The minimum absolute atomic E-state index is 0.0192. The molecule has 0 fully saturated rings. The Morgan fingerprint density at radius 3 is 2.86 bits per heavy atom. The third kappa shape index (κ3) is 3.79. The highest BCUT2D eigenvalue weighted by atomic mass is 16.5. The molecule has 146 valence electrons. The maximum Gasteiger partial charge on any atom is 0.295 e. The van der Waals surface area contributed by atoms with Crippen molar-refractivity contribution in [3.05, 3.63) is 66.0 Å². The van der Waals surface area contributed by atoms with Crippen molar-refractivity contribution in [3.63, 3.8) is 0 Å². The van der Waals surface area contributed by atoms with Crippen molar-refractivity contribution in [3.8, 4) is 17.2 Å². The van der Waals surface area contributed by atoms with Crippen LogP contribution in [0.5, 0.6) is 11.5 Å². The first-order chi connectivity index (χ1) is 14.0. The fraction of sp³-hybridized carbons (Fsp3) is 0.100. The molecule has 0 aliphatic carbocycles. The van der Waals surface area contributed by atoms with Gasteiger partial charge in [0.1, 0.15) is 5.75 Å². The summed E-state index contributed by atoms with van der Waals surface area (Å²) in [5.41, 5.74) is 4.68. The molecule has 0 radical (unpaired) electrons. The molecule has 3 N–H and O–H groups in total. The molecule has 1 aliphatic heterocycles. The van der Waals surface area contributed by atoms with E-state index < -0.39 is 5.91 Å². The van der Waals surface area contributed by atoms with E-state index in [2.05, 4.69) is 20.9 Å². The van der Waals surface area contributed by atoms with Crippen LogP contribution in [0.4, 0.5) is 5.69 Å². The Balaban J connectivity index is 1.50. The predicted molar refractivity (Wildman–Crippen MR) is 105 cm³/mol. The number of carbonyl (C=O) groups is 2. The van der Waals surface area contributed by atoms with Crippen LogP contribution in [0.2, 0.25) is 0 Å². The van der Waals surface area contributed by atoms with Crippen LogP contribution in [0.1, 0.15) is 23.0 Å². The molecule has 9 nitrogen and oxygen atoms in total. The van der Waals surface area contributed by atoms with Crippen molar-refractivity contribution in [2.75, 3.05) is 11.9 Å². The van der Waals surface area contributed by atoms with Crippen LogP contribution in [0.25, 0.3) is 5.69 Å². The zero-order valence-electron chi connectivity index (χ0n) is 15.4. The van der Waals surface area contributed by atoms with Gasteiger partial charge in [0.05, 0.1) is 23.3 Å². The van der Waals surface area contributed by atoms with E-state index in [-0.39, 0.29) is 24.0 Å². The molecule has 2 aromatic carbocycles. The second kappa shape index (κ2) is 7.47. The number of ether oxygens (including phenoxy) is 1. The predicted octanol–water partition coefficient (Wildman–Crippen LogP) is 2.06. The molecule has 0 atom stereocenters. The molecular weight excluding hydrogens is 374 g/mol. The molecule has 2 amide bonds. The Morgan fingerprint density at radius 1 is 1.28 bits per heavy atom. The zero-order chi connectivity index (χ0) is 20.4. The van der Waals surface area contributed by atoms with Crippen LogP contribution >= 0.6 is 0 Å². The van der Waals surface area contributed by atoms with Crippen LogP contribution < -0.4 is 15.5 Å². The number of amides is 2. The standard InChI is InChI=1S/C20H17N5O4/c1-12(13-7-8-17-15(9-13)21-18(27)11-29-17)22-23-20(28)19-16(26)10-25(24-19)14-5-3-2-4-6-14/h2-10,26H,11H2,1H3,(H,21,27)(H,23,28)/b22-12-. The summed E-state index contributed by atoms with van der Waals surface area (Å²) in [5, 5.41) is 21.0. The maximum absolute atomic E-state index is 12.4. The van der Waals surface area contributed by atoms with E-state index in [4.69, 9.17) is 4.74 Å². The molecule has 0 unspecified atom stereocenters. The van der Waals surface area contributed by atoms with Crippen molar-refractivity contribution in [2.24, 2.45) is 5.10 Å². The van der Waals surface area contributed by atoms with E-state index in [1.54, 1.807) is 37.3 Å². The Morgan fingerprint density at radius 2 is 2.07 bits per heavy atom. The zero-order valence-corrected chi connectivity index (χ0v) is 15.4. The highest BCUT2D eigenvalue weighted by Crippen LogP contribution is 2.28. The molecule has 9 heteroatoms. The number of aromatic nitrogens is 2. The van der Waals surface area contributed by atoms with E-state index in [9.17, 15) is 14.7 Å². The van der Waals surface area contributed by atoms with Gasteiger partial charge in [-0.3, -0.25) is 9.59 Å². The molecule has 0 saturated heterocycles. The number of benzene rings is 2. The van der Waals surface area contributed by atoms with Crippen molar-refractivity contribution in [1.29, 1.82) is 0 Å². The van der Waals surface area contributed by atoms with Gasteiger partial charge in [-0.1, -0.05) is 18.2 Å². The summed E-state index contributed by atoms with van der Waals surface area (Å²) < 4.78 is 6.73. The lowest BCUT2D eigenvalue weighted by Gasteiger charge is -2.18. The third-order valence-corrected chi connectivity index (χ3v) is 4.29. The van der Waals surface area contributed by atoms with E-state index in [1.165, 1.54) is 10.9 Å². The summed E-state index contributed by atoms with van der Waals surface area (Å²) in [6.45, 7) is 1.69. The van der Waals surface area contributed by atoms with Gasteiger partial charge in [-0.05, 0) is 42.8 Å². The molecule has 1 aliphatic rings. The van der Waals surface area contributed by atoms with Gasteiger partial charge >= 0.3 is 0 Å². The molecule has 2 heterocycles. The molecule has 0 saturated carbocycles. The summed E-state index contributed by atoms with van der Waals surface area (Å²) in [4.78, 5) is 23.8. The number of aromatic hydroxyl groups is 1. The number of hydrazone groups is 1. The van der Waals surface area contributed by atoms with Crippen molar-refractivity contribution in [1.82, 2.24) is 15.2 Å². The van der Waals surface area contributed by atoms with Crippen molar-refractivity contribution in [2.45, 2.75) is 6.92 Å². The molecule has 0 spiro atoms. The van der Waals surface area contributed by atoms with Crippen LogP contribution in [-0.2, 0) is 4.79 Å². The van der Waals surface area contributed by atoms with E-state index in [1.807, 2.05) is 18.2 Å². The Hall–Kier alpha value is -4.14. The fourth-order valence-electron chi connectivity index (χ4n) is 2.80. The quantitative estimate of drug-likeness (QED) is 0.465. The van der Waals surface area contributed by atoms with Gasteiger partial charge in [-0.25, -0.2) is 10.1 Å². The number of hydrogen-bond donors (Lipinski definition) is 3. The number of carbonyl (C=O) groups excluding carboxylic acids is 2. The van der Waals surface area contributed by atoms with Gasteiger partial charge in [0.15, 0.2) is 18.1 Å². The number of hydrogen-bond acceptors (Lipinski definition) is 6. The largest absolute Gasteiger partial charge is 0.504 e. The topological polar surface area (TPSA) is 118 Å². The number of rotatable bonds is 4. The number of nitrogens with zero attached hydrogens (tertiary/aromatic N) is 3. The molecule has 3 aromatic rings. The second-order valence-electron chi connectivity index (χ2n) is 6.33. The molecular formula is C20H17N5O4. The molecule has 1 aromatic heterocycles. The van der Waals surface area contributed by atoms with Gasteiger partial charge in [0, 0.05) is 0 Å². The monoisotopic (exact) mass is 391 g/mol. The van der Waals surface area contributed by atoms with Crippen LogP contribution in [0.15, 0.2) is 59.8 Å². The summed E-state index contributed by atoms with van der Waals surface area (Å²) in [5.74, 6) is -0.567. The summed E-state index contributed by atoms with van der Waals surface area (Å²) in [6.07, 6.45) is 1.35. The Kier molecular flexibility index (Phi) is 4.70. The Bertz CT molecular complexity index is 1120. The average Bonchev–Trinajstić information content (AvgIpc) is 3.13. The molecule has 4 rings (SSSR count). The smallest absolute Gasteiger partial charge is 0.295 e. The first-order valence-electron chi connectivity index (χ1n) is 8.77. The number of nitrogens with one attached hydrogen (secondary N) is 2. The summed E-state index contributed by atoms with van der Waals surface area (Å²) in [6, 6.07) is 14.3. The molecule has 0 bridgehead atoms. The number of fused-ring (bicyclic) bond motifs is 1. The van der Waals surface area contributed by atoms with Crippen LogP contribution in [0.3, 0.4) is 0 Å². The van der Waals surface area contributed by atoms with E-state index in [0.29, 0.717) is 28.4 Å². The number of para-hydroxylation sites is 1. The van der Waals surface area contributed by atoms with Crippen molar-refractivity contribution >= 4 is 23.2 Å². The van der Waals surface area contributed by atoms with E-state index in [0.717, 1.165) is 0 Å². The van der Waals surface area contributed by atoms with Crippen LogP contribution in [-0.4, -0.2) is 39.0 Å².